The highest BCUT2D eigenvalue weighted by Gasteiger charge is 2.61. The first-order valence-corrected chi connectivity index (χ1v) is 5.39. The summed E-state index contributed by atoms with van der Waals surface area (Å²) in [6, 6.07) is 0. The topological polar surface area (TPSA) is 29.5 Å². The average molecular weight is 197 g/mol. The maximum atomic E-state index is 11.5. The monoisotopic (exact) mass is 197 g/mol. The number of fused-ring (bicyclic) bond motifs is 1. The van der Waals surface area contributed by atoms with Crippen LogP contribution in [0.5, 0.6) is 0 Å². The SMILES string of the molecule is COC(=O)N1C[C@@]2(C)CCCC[C@@]12C. The summed E-state index contributed by atoms with van der Waals surface area (Å²) in [4.78, 5) is 13.4. The Labute approximate surface area is 85.4 Å². The van der Waals surface area contributed by atoms with Crippen LogP contribution in [-0.2, 0) is 4.74 Å². The van der Waals surface area contributed by atoms with Gasteiger partial charge in [0, 0.05) is 12.0 Å². The predicted molar refractivity (Wildman–Crippen MR) is 54.1 cm³/mol. The van der Waals surface area contributed by atoms with Crippen LogP contribution in [0.3, 0.4) is 0 Å². The fourth-order valence-corrected chi connectivity index (χ4v) is 3.07. The molecule has 2 fully saturated rings. The number of ether oxygens (including phenoxy) is 1. The van der Waals surface area contributed by atoms with Crippen molar-refractivity contribution in [2.45, 2.75) is 45.1 Å². The lowest BCUT2D eigenvalue weighted by atomic mass is 9.56. The molecule has 0 N–H and O–H groups in total. The normalized spacial score (nSPS) is 41.2. The van der Waals surface area contributed by atoms with Crippen molar-refractivity contribution in [3.8, 4) is 0 Å². The van der Waals surface area contributed by atoms with E-state index in [0.717, 1.165) is 13.0 Å². The second-order valence-corrected chi connectivity index (χ2v) is 5.10. The van der Waals surface area contributed by atoms with Crippen molar-refractivity contribution in [2.24, 2.45) is 5.41 Å². The quantitative estimate of drug-likeness (QED) is 0.597. The molecule has 80 valence electrons. The molecular formula is C11H19NO2. The fourth-order valence-electron chi connectivity index (χ4n) is 3.07. The standard InChI is InChI=1S/C11H19NO2/c1-10-6-4-5-7-11(10,2)12(8-10)9(13)14-3/h4-8H2,1-3H3/t10-,11-/m1/s1. The smallest absolute Gasteiger partial charge is 0.409 e. The minimum absolute atomic E-state index is 0.0539. The van der Waals surface area contributed by atoms with Gasteiger partial charge in [-0.15, -0.1) is 0 Å². The lowest BCUT2D eigenvalue weighted by molar-refractivity contribution is -0.144. The third kappa shape index (κ3) is 1.01. The lowest BCUT2D eigenvalue weighted by Crippen LogP contribution is -2.74. The van der Waals surface area contributed by atoms with Gasteiger partial charge in [-0.2, -0.15) is 0 Å². The van der Waals surface area contributed by atoms with E-state index in [1.54, 1.807) is 0 Å². The molecule has 0 bridgehead atoms. The van der Waals surface area contributed by atoms with E-state index in [0.29, 0.717) is 5.41 Å². The van der Waals surface area contributed by atoms with Crippen LogP contribution in [0.4, 0.5) is 4.79 Å². The largest absolute Gasteiger partial charge is 0.453 e. The van der Waals surface area contributed by atoms with Crippen molar-refractivity contribution in [3.63, 3.8) is 0 Å². The van der Waals surface area contributed by atoms with Gasteiger partial charge in [0.2, 0.25) is 0 Å². The third-order valence-electron chi connectivity index (χ3n) is 4.44. The summed E-state index contributed by atoms with van der Waals surface area (Å²) in [5.41, 5.74) is 0.387. The molecule has 1 amide bonds. The maximum absolute atomic E-state index is 11.5. The van der Waals surface area contributed by atoms with E-state index in [1.165, 1.54) is 26.4 Å². The number of carbonyl (C=O) groups excluding carboxylic acids is 1. The van der Waals surface area contributed by atoms with Gasteiger partial charge in [-0.05, 0) is 19.8 Å². The van der Waals surface area contributed by atoms with Gasteiger partial charge in [0.25, 0.3) is 0 Å². The van der Waals surface area contributed by atoms with Crippen molar-refractivity contribution >= 4 is 6.09 Å². The van der Waals surface area contributed by atoms with Crippen LogP contribution in [-0.4, -0.2) is 30.2 Å². The summed E-state index contributed by atoms with van der Waals surface area (Å²) in [6.07, 6.45) is 4.75. The molecule has 0 spiro atoms. The minimum atomic E-state index is -0.160. The highest BCUT2D eigenvalue weighted by Crippen LogP contribution is 2.55. The average Bonchev–Trinajstić information content (AvgIpc) is 2.17. The van der Waals surface area contributed by atoms with Crippen molar-refractivity contribution in [3.05, 3.63) is 0 Å². The lowest BCUT2D eigenvalue weighted by Gasteiger charge is -2.65. The maximum Gasteiger partial charge on any atom is 0.409 e. The summed E-state index contributed by atoms with van der Waals surface area (Å²) in [7, 11) is 1.46. The van der Waals surface area contributed by atoms with Gasteiger partial charge in [0.1, 0.15) is 0 Å². The van der Waals surface area contributed by atoms with E-state index >= 15 is 0 Å². The Balaban J connectivity index is 2.17. The molecule has 0 radical (unpaired) electrons. The van der Waals surface area contributed by atoms with E-state index < -0.39 is 0 Å². The Morgan fingerprint density at radius 2 is 1.93 bits per heavy atom. The Kier molecular flexibility index (Phi) is 2.02. The zero-order valence-electron chi connectivity index (χ0n) is 9.30. The first kappa shape index (κ1) is 9.81. The summed E-state index contributed by atoms with van der Waals surface area (Å²) >= 11 is 0. The first-order valence-electron chi connectivity index (χ1n) is 5.39. The number of likely N-dealkylation sites (tertiary alicyclic amines) is 1. The van der Waals surface area contributed by atoms with E-state index in [2.05, 4.69) is 13.8 Å². The molecule has 1 saturated heterocycles. The number of amides is 1. The Bertz CT molecular complexity index is 266. The molecule has 0 aromatic heterocycles. The number of hydrogen-bond acceptors (Lipinski definition) is 2. The second kappa shape index (κ2) is 2.88. The number of rotatable bonds is 0. The van der Waals surface area contributed by atoms with Crippen molar-refractivity contribution < 1.29 is 9.53 Å². The summed E-state index contributed by atoms with van der Waals surface area (Å²) in [6.45, 7) is 5.37. The Hall–Kier alpha value is -0.730. The van der Waals surface area contributed by atoms with Gasteiger partial charge in [-0.3, -0.25) is 0 Å². The molecule has 1 aliphatic carbocycles. The van der Waals surface area contributed by atoms with E-state index in [-0.39, 0.29) is 11.6 Å². The highest BCUT2D eigenvalue weighted by atomic mass is 16.5. The van der Waals surface area contributed by atoms with Gasteiger partial charge < -0.3 is 9.64 Å². The van der Waals surface area contributed by atoms with Gasteiger partial charge in [-0.25, -0.2) is 4.79 Å². The molecule has 2 rings (SSSR count). The molecule has 0 aromatic rings. The molecule has 2 aliphatic rings. The summed E-state index contributed by atoms with van der Waals surface area (Å²) in [5, 5.41) is 0. The number of nitrogens with zero attached hydrogens (tertiary/aromatic N) is 1. The zero-order chi connectivity index (χ0) is 10.4. The molecular weight excluding hydrogens is 178 g/mol. The molecule has 3 nitrogen and oxygen atoms in total. The third-order valence-corrected chi connectivity index (χ3v) is 4.44. The summed E-state index contributed by atoms with van der Waals surface area (Å²) < 4.78 is 4.80. The van der Waals surface area contributed by atoms with E-state index in [9.17, 15) is 4.79 Å². The molecule has 1 saturated carbocycles. The first-order chi connectivity index (χ1) is 6.53. The van der Waals surface area contributed by atoms with Crippen LogP contribution in [0.1, 0.15) is 39.5 Å². The molecule has 14 heavy (non-hydrogen) atoms. The van der Waals surface area contributed by atoms with Crippen LogP contribution in [0.2, 0.25) is 0 Å². The molecule has 1 heterocycles. The van der Waals surface area contributed by atoms with Gasteiger partial charge in [0.15, 0.2) is 0 Å². The van der Waals surface area contributed by atoms with Crippen LogP contribution in [0.25, 0.3) is 0 Å². The van der Waals surface area contributed by atoms with Gasteiger partial charge >= 0.3 is 6.09 Å². The van der Waals surface area contributed by atoms with Crippen LogP contribution in [0.15, 0.2) is 0 Å². The van der Waals surface area contributed by atoms with Crippen LogP contribution < -0.4 is 0 Å². The number of carbonyl (C=O) groups is 1. The number of methoxy groups -OCH3 is 1. The number of hydrogen-bond donors (Lipinski definition) is 0. The molecule has 1 aliphatic heterocycles. The van der Waals surface area contributed by atoms with Crippen LogP contribution >= 0.6 is 0 Å². The fraction of sp³-hybridized carbons (Fsp3) is 0.909. The molecule has 0 unspecified atom stereocenters. The van der Waals surface area contributed by atoms with E-state index in [4.69, 9.17) is 4.74 Å². The van der Waals surface area contributed by atoms with E-state index in [1.807, 2.05) is 4.90 Å². The second-order valence-electron chi connectivity index (χ2n) is 5.10. The highest BCUT2D eigenvalue weighted by molar-refractivity contribution is 5.70. The molecule has 2 atom stereocenters. The van der Waals surface area contributed by atoms with Crippen molar-refractivity contribution in [1.82, 2.24) is 4.90 Å². The van der Waals surface area contributed by atoms with Gasteiger partial charge in [-0.1, -0.05) is 19.8 Å². The van der Waals surface area contributed by atoms with Crippen molar-refractivity contribution in [2.75, 3.05) is 13.7 Å². The van der Waals surface area contributed by atoms with Crippen LogP contribution in [0, 0.1) is 5.41 Å². The van der Waals surface area contributed by atoms with Crippen molar-refractivity contribution in [1.29, 1.82) is 0 Å². The summed E-state index contributed by atoms with van der Waals surface area (Å²) in [5.74, 6) is 0. The predicted octanol–water partition coefficient (Wildman–Crippen LogP) is 2.41. The molecule has 0 aromatic carbocycles. The Morgan fingerprint density at radius 1 is 1.29 bits per heavy atom. The zero-order valence-corrected chi connectivity index (χ0v) is 9.30. The Morgan fingerprint density at radius 3 is 2.50 bits per heavy atom. The molecule has 3 heteroatoms. The minimum Gasteiger partial charge on any atom is -0.453 e. The van der Waals surface area contributed by atoms with Gasteiger partial charge in [0.05, 0.1) is 12.6 Å².